The zero-order chi connectivity index (χ0) is 18.0. The molecular weight excluding hydrogens is 366 g/mol. The Morgan fingerprint density at radius 1 is 1.00 bits per heavy atom. The number of amides is 1. The van der Waals surface area contributed by atoms with Gasteiger partial charge in [-0.2, -0.15) is 0 Å². The monoisotopic (exact) mass is 376 g/mol. The highest BCUT2D eigenvalue weighted by molar-refractivity contribution is 7.80. The molecule has 0 saturated carbocycles. The highest BCUT2D eigenvalue weighted by Crippen LogP contribution is 2.25. The topological polar surface area (TPSA) is 41.1 Å². The van der Waals surface area contributed by atoms with E-state index in [1.54, 1.807) is 12.1 Å². The van der Waals surface area contributed by atoms with Crippen LogP contribution in [0.25, 0.3) is 10.8 Å². The summed E-state index contributed by atoms with van der Waals surface area (Å²) in [6, 6.07) is 15.0. The summed E-state index contributed by atoms with van der Waals surface area (Å²) in [5.74, 6) is -2.31. The zero-order valence-electron chi connectivity index (χ0n) is 12.6. The molecule has 3 aromatic carbocycles. The molecule has 0 heterocycles. The van der Waals surface area contributed by atoms with Gasteiger partial charge < -0.3 is 5.32 Å². The highest BCUT2D eigenvalue weighted by Gasteiger charge is 2.14. The first-order valence-corrected chi connectivity index (χ1v) is 7.99. The minimum absolute atomic E-state index is 0.125. The van der Waals surface area contributed by atoms with E-state index in [2.05, 4.69) is 10.6 Å². The Kier molecular flexibility index (Phi) is 4.92. The Hall–Kier alpha value is -2.57. The van der Waals surface area contributed by atoms with E-state index in [0.717, 1.165) is 22.9 Å². The van der Waals surface area contributed by atoms with Gasteiger partial charge in [0.1, 0.15) is 10.8 Å². The number of hydrogen-bond acceptors (Lipinski definition) is 2. The largest absolute Gasteiger partial charge is 0.330 e. The third-order valence-corrected chi connectivity index (χ3v) is 4.07. The Bertz CT molecular complexity index is 994. The second kappa shape index (κ2) is 7.13. The van der Waals surface area contributed by atoms with Crippen molar-refractivity contribution >= 4 is 51.3 Å². The molecule has 0 unspecified atom stereocenters. The molecule has 1 amide bonds. The Labute approximate surface area is 152 Å². The van der Waals surface area contributed by atoms with Crippen LogP contribution in [-0.2, 0) is 0 Å². The van der Waals surface area contributed by atoms with Crippen molar-refractivity contribution < 1.29 is 13.6 Å². The van der Waals surface area contributed by atoms with E-state index in [1.807, 2.05) is 30.3 Å². The lowest BCUT2D eigenvalue weighted by Crippen LogP contribution is -2.34. The first-order chi connectivity index (χ1) is 12.0. The second-order valence-electron chi connectivity index (χ2n) is 5.19. The van der Waals surface area contributed by atoms with Crippen molar-refractivity contribution in [2.45, 2.75) is 0 Å². The first kappa shape index (κ1) is 17.3. The third kappa shape index (κ3) is 3.75. The lowest BCUT2D eigenvalue weighted by Gasteiger charge is -2.11. The van der Waals surface area contributed by atoms with Gasteiger partial charge in [-0.05, 0) is 47.3 Å². The molecular formula is C18H11ClF2N2OS. The number of rotatable bonds is 2. The van der Waals surface area contributed by atoms with Gasteiger partial charge in [-0.3, -0.25) is 10.1 Å². The number of nitrogens with one attached hydrogen (secondary N) is 2. The molecule has 0 radical (unpaired) electrons. The van der Waals surface area contributed by atoms with Gasteiger partial charge >= 0.3 is 0 Å². The number of carbonyl (C=O) groups excluding carboxylic acids is 1. The fourth-order valence-electron chi connectivity index (χ4n) is 2.28. The molecule has 3 nitrogen and oxygen atoms in total. The summed E-state index contributed by atoms with van der Waals surface area (Å²) in [4.78, 5) is 12.3. The number of benzene rings is 3. The lowest BCUT2D eigenvalue weighted by molar-refractivity contribution is 0.0978. The van der Waals surface area contributed by atoms with Gasteiger partial charge in [-0.1, -0.05) is 41.9 Å². The van der Waals surface area contributed by atoms with Gasteiger partial charge in [0.05, 0.1) is 5.69 Å². The SMILES string of the molecule is O=C(NC(=S)Nc1ccc(F)c(Cl)c1F)c1ccc2ccccc2c1. The molecule has 0 aliphatic carbocycles. The average Bonchev–Trinajstić information content (AvgIpc) is 2.61. The van der Waals surface area contributed by atoms with E-state index in [4.69, 9.17) is 23.8 Å². The van der Waals surface area contributed by atoms with Crippen molar-refractivity contribution in [3.05, 3.63) is 76.8 Å². The fourth-order valence-corrected chi connectivity index (χ4v) is 2.65. The van der Waals surface area contributed by atoms with Gasteiger partial charge in [-0.15, -0.1) is 0 Å². The number of fused-ring (bicyclic) bond motifs is 1. The Balaban J connectivity index is 1.73. The molecule has 0 bridgehead atoms. The second-order valence-corrected chi connectivity index (χ2v) is 5.98. The van der Waals surface area contributed by atoms with Crippen molar-refractivity contribution in [3.63, 3.8) is 0 Å². The van der Waals surface area contributed by atoms with Crippen molar-refractivity contribution in [1.82, 2.24) is 5.32 Å². The van der Waals surface area contributed by atoms with Crippen LogP contribution in [0.15, 0.2) is 54.6 Å². The summed E-state index contributed by atoms with van der Waals surface area (Å²) >= 11 is 10.5. The predicted molar refractivity (Wildman–Crippen MR) is 99.0 cm³/mol. The van der Waals surface area contributed by atoms with Crippen molar-refractivity contribution in [1.29, 1.82) is 0 Å². The lowest BCUT2D eigenvalue weighted by atomic mass is 10.1. The molecule has 0 aromatic heterocycles. The zero-order valence-corrected chi connectivity index (χ0v) is 14.2. The maximum Gasteiger partial charge on any atom is 0.257 e. The number of anilines is 1. The van der Waals surface area contributed by atoms with E-state index in [9.17, 15) is 13.6 Å². The van der Waals surface area contributed by atoms with Gasteiger partial charge in [0.15, 0.2) is 10.9 Å². The third-order valence-electron chi connectivity index (χ3n) is 3.52. The summed E-state index contributed by atoms with van der Waals surface area (Å²) in [7, 11) is 0. The minimum atomic E-state index is -0.982. The number of hydrogen-bond donors (Lipinski definition) is 2. The molecule has 2 N–H and O–H groups in total. The van der Waals surface area contributed by atoms with Crippen LogP contribution in [0.1, 0.15) is 10.4 Å². The van der Waals surface area contributed by atoms with Crippen molar-refractivity contribution in [2.24, 2.45) is 0 Å². The van der Waals surface area contributed by atoms with Gasteiger partial charge in [0, 0.05) is 5.56 Å². The molecule has 0 saturated heterocycles. The van der Waals surface area contributed by atoms with Crippen LogP contribution in [0.4, 0.5) is 14.5 Å². The number of halogens is 3. The van der Waals surface area contributed by atoms with Crippen LogP contribution in [0.2, 0.25) is 5.02 Å². The van der Waals surface area contributed by atoms with E-state index in [0.29, 0.717) is 5.56 Å². The van der Waals surface area contributed by atoms with E-state index in [1.165, 1.54) is 0 Å². The normalized spacial score (nSPS) is 10.5. The van der Waals surface area contributed by atoms with Crippen LogP contribution in [0.3, 0.4) is 0 Å². The van der Waals surface area contributed by atoms with E-state index < -0.39 is 22.6 Å². The van der Waals surface area contributed by atoms with Crippen LogP contribution >= 0.6 is 23.8 Å². The maximum absolute atomic E-state index is 13.9. The molecule has 0 spiro atoms. The summed E-state index contributed by atoms with van der Waals surface area (Å²) in [5, 5.41) is 6.08. The molecule has 0 fully saturated rings. The van der Waals surface area contributed by atoms with Gasteiger partial charge in [-0.25, -0.2) is 8.78 Å². The Morgan fingerprint density at radius 2 is 1.72 bits per heavy atom. The standard InChI is InChI=1S/C18H11ClF2N2OS/c19-15-13(20)7-8-14(16(15)21)22-18(25)23-17(24)12-6-5-10-3-1-2-4-11(10)9-12/h1-9H,(H2,22,23,24,25). The van der Waals surface area contributed by atoms with E-state index >= 15 is 0 Å². The van der Waals surface area contributed by atoms with E-state index in [-0.39, 0.29) is 10.8 Å². The quantitative estimate of drug-likeness (QED) is 0.494. The number of thiocarbonyl (C=S) groups is 1. The first-order valence-electron chi connectivity index (χ1n) is 7.20. The molecule has 0 atom stereocenters. The van der Waals surface area contributed by atoms with Crippen molar-refractivity contribution in [3.8, 4) is 0 Å². The molecule has 3 aromatic rings. The smallest absolute Gasteiger partial charge is 0.257 e. The highest BCUT2D eigenvalue weighted by atomic mass is 35.5. The van der Waals surface area contributed by atoms with Crippen LogP contribution in [0.5, 0.6) is 0 Å². The van der Waals surface area contributed by atoms with Gasteiger partial charge in [0.25, 0.3) is 5.91 Å². The summed E-state index contributed by atoms with van der Waals surface area (Å²) in [6.45, 7) is 0. The Morgan fingerprint density at radius 3 is 2.48 bits per heavy atom. The maximum atomic E-state index is 13.9. The minimum Gasteiger partial charge on any atom is -0.330 e. The van der Waals surface area contributed by atoms with Crippen molar-refractivity contribution in [2.75, 3.05) is 5.32 Å². The average molecular weight is 377 g/mol. The molecule has 0 aliphatic heterocycles. The van der Waals surface area contributed by atoms with Crippen LogP contribution < -0.4 is 10.6 Å². The molecule has 3 rings (SSSR count). The number of carbonyl (C=O) groups is 1. The summed E-state index contributed by atoms with van der Waals surface area (Å²) in [6.07, 6.45) is 0. The van der Waals surface area contributed by atoms with Gasteiger partial charge in [0.2, 0.25) is 0 Å². The fraction of sp³-hybridized carbons (Fsp3) is 0. The summed E-state index contributed by atoms with van der Waals surface area (Å²) in [5.41, 5.74) is 0.274. The molecule has 0 aliphatic rings. The van der Waals surface area contributed by atoms with Crippen LogP contribution in [-0.4, -0.2) is 11.0 Å². The molecule has 126 valence electrons. The van der Waals surface area contributed by atoms with Crippen LogP contribution in [0, 0.1) is 11.6 Å². The summed E-state index contributed by atoms with van der Waals surface area (Å²) < 4.78 is 27.0. The molecule has 25 heavy (non-hydrogen) atoms. The molecule has 7 heteroatoms. The predicted octanol–water partition coefficient (Wildman–Crippen LogP) is 4.90.